The third-order valence-corrected chi connectivity index (χ3v) is 4.13. The van der Waals surface area contributed by atoms with Gasteiger partial charge in [0.05, 0.1) is 5.69 Å². The lowest BCUT2D eigenvalue weighted by Crippen LogP contribution is -2.31. The van der Waals surface area contributed by atoms with Crippen molar-refractivity contribution in [3.63, 3.8) is 0 Å². The molecule has 0 aromatic carbocycles. The fourth-order valence-corrected chi connectivity index (χ4v) is 2.58. The first-order chi connectivity index (χ1) is 9.52. The molecule has 1 aromatic heterocycles. The largest absolute Gasteiger partial charge is 0.432 e. The van der Waals surface area contributed by atoms with E-state index >= 15 is 0 Å². The first-order valence-corrected chi connectivity index (χ1v) is 7.64. The molecule has 20 heavy (non-hydrogen) atoms. The van der Waals surface area contributed by atoms with Crippen LogP contribution in [0.2, 0.25) is 0 Å². The zero-order valence-electron chi connectivity index (χ0n) is 12.8. The number of nitrogens with one attached hydrogen (secondary N) is 1. The van der Waals surface area contributed by atoms with Crippen molar-refractivity contribution in [2.75, 3.05) is 18.0 Å². The molecule has 1 aromatic rings. The summed E-state index contributed by atoms with van der Waals surface area (Å²) in [5.41, 5.74) is 2.83. The van der Waals surface area contributed by atoms with E-state index in [1.54, 1.807) is 6.26 Å². The van der Waals surface area contributed by atoms with Gasteiger partial charge in [-0.3, -0.25) is 0 Å². The zero-order chi connectivity index (χ0) is 14.2. The maximum atomic E-state index is 5.62. The lowest BCUT2D eigenvalue weighted by Gasteiger charge is -2.31. The average Bonchev–Trinajstić information content (AvgIpc) is 3.13. The summed E-state index contributed by atoms with van der Waals surface area (Å²) in [4.78, 5) is 6.81. The van der Waals surface area contributed by atoms with E-state index in [9.17, 15) is 0 Å². The molecule has 0 atom stereocenters. The predicted molar refractivity (Wildman–Crippen MR) is 80.7 cm³/mol. The lowest BCUT2D eigenvalue weighted by molar-refractivity contribution is 0.463. The van der Waals surface area contributed by atoms with Crippen molar-refractivity contribution in [3.05, 3.63) is 23.6 Å². The molecule has 0 radical (unpaired) electrons. The number of rotatable bonds is 4. The summed E-state index contributed by atoms with van der Waals surface area (Å²) >= 11 is 0. The van der Waals surface area contributed by atoms with Crippen LogP contribution in [0, 0.1) is 5.41 Å². The maximum absolute atomic E-state index is 5.62. The Morgan fingerprint density at radius 1 is 1.40 bits per heavy atom. The second kappa shape index (κ2) is 5.24. The number of oxazole rings is 1. The van der Waals surface area contributed by atoms with E-state index in [4.69, 9.17) is 4.42 Å². The molecule has 1 saturated carbocycles. The van der Waals surface area contributed by atoms with Crippen molar-refractivity contribution >= 4 is 6.01 Å². The van der Waals surface area contributed by atoms with Crippen LogP contribution in [0.5, 0.6) is 0 Å². The number of anilines is 1. The lowest BCUT2D eigenvalue weighted by atomic mass is 9.83. The monoisotopic (exact) mass is 275 g/mol. The van der Waals surface area contributed by atoms with Gasteiger partial charge in [0.25, 0.3) is 6.01 Å². The van der Waals surface area contributed by atoms with E-state index in [0.717, 1.165) is 37.8 Å². The molecule has 3 rings (SSSR count). The molecule has 4 heteroatoms. The second-order valence-electron chi connectivity index (χ2n) is 6.95. The molecular formula is C16H25N3O. The van der Waals surface area contributed by atoms with Gasteiger partial charge in [-0.05, 0) is 24.7 Å². The number of hydrogen-bond acceptors (Lipinski definition) is 4. The quantitative estimate of drug-likeness (QED) is 0.857. The number of aromatic nitrogens is 1. The molecule has 1 fully saturated rings. The molecule has 0 spiro atoms. The standard InChI is InChI=1S/C16H25N3O/c1-16(2,3)12-6-8-19(9-7-12)15-18-14(11-20-15)10-17-13-4-5-13/h6,11,13,17H,4-5,7-10H2,1-3H3. The van der Waals surface area contributed by atoms with Crippen molar-refractivity contribution in [2.45, 2.75) is 52.6 Å². The highest BCUT2D eigenvalue weighted by Gasteiger charge is 2.24. The van der Waals surface area contributed by atoms with Gasteiger partial charge in [0.2, 0.25) is 0 Å². The van der Waals surface area contributed by atoms with Gasteiger partial charge in [-0.25, -0.2) is 0 Å². The fourth-order valence-electron chi connectivity index (χ4n) is 2.58. The summed E-state index contributed by atoms with van der Waals surface area (Å²) in [7, 11) is 0. The van der Waals surface area contributed by atoms with E-state index < -0.39 is 0 Å². The van der Waals surface area contributed by atoms with Crippen LogP contribution in [0.15, 0.2) is 22.3 Å². The Morgan fingerprint density at radius 2 is 2.20 bits per heavy atom. The highest BCUT2D eigenvalue weighted by atomic mass is 16.4. The molecule has 1 aliphatic carbocycles. The van der Waals surface area contributed by atoms with Crippen LogP contribution in [0.3, 0.4) is 0 Å². The third-order valence-electron chi connectivity index (χ3n) is 4.13. The molecular weight excluding hydrogens is 250 g/mol. The Morgan fingerprint density at radius 3 is 2.80 bits per heavy atom. The minimum Gasteiger partial charge on any atom is -0.432 e. The van der Waals surface area contributed by atoms with E-state index in [0.29, 0.717) is 6.04 Å². The summed E-state index contributed by atoms with van der Waals surface area (Å²) in [5, 5.41) is 3.46. The highest BCUT2D eigenvalue weighted by molar-refractivity contribution is 5.33. The van der Waals surface area contributed by atoms with E-state index in [1.807, 2.05) is 0 Å². The summed E-state index contributed by atoms with van der Waals surface area (Å²) in [6.45, 7) is 9.57. The minimum absolute atomic E-state index is 0.280. The molecule has 1 aliphatic heterocycles. The molecule has 0 amide bonds. The van der Waals surface area contributed by atoms with Gasteiger partial charge in [-0.15, -0.1) is 0 Å². The number of hydrogen-bond donors (Lipinski definition) is 1. The van der Waals surface area contributed by atoms with Crippen LogP contribution < -0.4 is 10.2 Å². The van der Waals surface area contributed by atoms with Crippen molar-refractivity contribution < 1.29 is 4.42 Å². The smallest absolute Gasteiger partial charge is 0.297 e. The Kier molecular flexibility index (Phi) is 3.59. The van der Waals surface area contributed by atoms with Crippen molar-refractivity contribution in [3.8, 4) is 0 Å². The van der Waals surface area contributed by atoms with Crippen LogP contribution >= 0.6 is 0 Å². The molecule has 0 saturated heterocycles. The maximum Gasteiger partial charge on any atom is 0.297 e. The minimum atomic E-state index is 0.280. The van der Waals surface area contributed by atoms with E-state index in [1.165, 1.54) is 18.4 Å². The van der Waals surface area contributed by atoms with Crippen molar-refractivity contribution in [1.82, 2.24) is 10.3 Å². The summed E-state index contributed by atoms with van der Waals surface area (Å²) in [6.07, 6.45) is 7.82. The fraction of sp³-hybridized carbons (Fsp3) is 0.688. The third kappa shape index (κ3) is 3.23. The molecule has 0 unspecified atom stereocenters. The van der Waals surface area contributed by atoms with Crippen molar-refractivity contribution in [2.24, 2.45) is 5.41 Å². The molecule has 2 aliphatic rings. The van der Waals surface area contributed by atoms with Gasteiger partial charge in [-0.2, -0.15) is 4.98 Å². The SMILES string of the molecule is CC(C)(C)C1=CCN(c2nc(CNC3CC3)co2)CC1. The first kappa shape index (κ1) is 13.7. The van der Waals surface area contributed by atoms with Crippen molar-refractivity contribution in [1.29, 1.82) is 0 Å². The van der Waals surface area contributed by atoms with Gasteiger partial charge < -0.3 is 14.6 Å². The summed E-state index contributed by atoms with van der Waals surface area (Å²) in [5.74, 6) is 0. The number of nitrogens with zero attached hydrogens (tertiary/aromatic N) is 2. The Bertz CT molecular complexity index is 494. The topological polar surface area (TPSA) is 41.3 Å². The van der Waals surface area contributed by atoms with Gasteiger partial charge in [0.15, 0.2) is 0 Å². The molecule has 4 nitrogen and oxygen atoms in total. The molecule has 0 bridgehead atoms. The predicted octanol–water partition coefficient (Wildman–Crippen LogP) is 3.11. The molecule has 110 valence electrons. The summed E-state index contributed by atoms with van der Waals surface area (Å²) < 4.78 is 5.62. The Balaban J connectivity index is 1.58. The van der Waals surface area contributed by atoms with Crippen LogP contribution in [0.4, 0.5) is 6.01 Å². The zero-order valence-corrected chi connectivity index (χ0v) is 12.8. The van der Waals surface area contributed by atoms with Crippen LogP contribution in [-0.4, -0.2) is 24.1 Å². The van der Waals surface area contributed by atoms with Crippen LogP contribution in [0.1, 0.15) is 45.7 Å². The summed E-state index contributed by atoms with van der Waals surface area (Å²) in [6, 6.07) is 1.48. The normalized spacial score (nSPS) is 20.1. The Hall–Kier alpha value is -1.29. The van der Waals surface area contributed by atoms with Crippen LogP contribution in [-0.2, 0) is 6.54 Å². The van der Waals surface area contributed by atoms with Gasteiger partial charge in [0, 0.05) is 25.7 Å². The molecule has 1 N–H and O–H groups in total. The van der Waals surface area contributed by atoms with Gasteiger partial charge >= 0.3 is 0 Å². The molecule has 2 heterocycles. The first-order valence-electron chi connectivity index (χ1n) is 7.64. The van der Waals surface area contributed by atoms with Crippen LogP contribution in [0.25, 0.3) is 0 Å². The van der Waals surface area contributed by atoms with Gasteiger partial charge in [0.1, 0.15) is 6.26 Å². The van der Waals surface area contributed by atoms with Gasteiger partial charge in [-0.1, -0.05) is 32.4 Å². The second-order valence-corrected chi connectivity index (χ2v) is 6.95. The van der Waals surface area contributed by atoms with E-state index in [2.05, 4.69) is 42.0 Å². The van der Waals surface area contributed by atoms with E-state index in [-0.39, 0.29) is 5.41 Å². The Labute approximate surface area is 121 Å². The highest BCUT2D eigenvalue weighted by Crippen LogP contribution is 2.31. The average molecular weight is 275 g/mol.